The third-order valence-electron chi connectivity index (χ3n) is 8.39. The number of pyridine rings is 2. The van der Waals surface area contributed by atoms with E-state index in [9.17, 15) is 8.78 Å². The van der Waals surface area contributed by atoms with Gasteiger partial charge in [-0.2, -0.15) is 9.13 Å². The van der Waals surface area contributed by atoms with Gasteiger partial charge in [0.2, 0.25) is 23.1 Å². The van der Waals surface area contributed by atoms with Gasteiger partial charge in [-0.25, -0.2) is 8.78 Å². The fourth-order valence-electron chi connectivity index (χ4n) is 6.64. The van der Waals surface area contributed by atoms with Crippen LogP contribution in [-0.4, -0.2) is 0 Å². The molecule has 4 heteroatoms. The molecule has 39 heavy (non-hydrogen) atoms. The Labute approximate surface area is 227 Å². The number of allylic oxidation sites excluding steroid dienone is 1. The van der Waals surface area contributed by atoms with E-state index < -0.39 is 11.6 Å². The highest BCUT2D eigenvalue weighted by Gasteiger charge is 2.47. The van der Waals surface area contributed by atoms with Crippen molar-refractivity contribution in [2.45, 2.75) is 31.7 Å². The Kier molecular flexibility index (Phi) is 5.52. The number of nitrogens with zero attached hydrogens (tertiary/aromatic N) is 2. The van der Waals surface area contributed by atoms with E-state index in [-0.39, 0.29) is 12.0 Å². The monoisotopic (exact) mass is 514 g/mol. The molecule has 5 aromatic rings. The molecule has 3 aromatic carbocycles. The van der Waals surface area contributed by atoms with Crippen molar-refractivity contribution in [3.63, 3.8) is 0 Å². The average Bonchev–Trinajstić information content (AvgIpc) is 3.01. The van der Waals surface area contributed by atoms with Crippen LogP contribution in [0.1, 0.15) is 35.1 Å². The molecule has 2 aliphatic heterocycles. The molecule has 2 unspecified atom stereocenters. The molecule has 190 valence electrons. The molecule has 0 saturated carbocycles. The predicted molar refractivity (Wildman–Crippen MR) is 150 cm³/mol. The van der Waals surface area contributed by atoms with Gasteiger partial charge in [0.15, 0.2) is 24.0 Å². The van der Waals surface area contributed by atoms with Crippen LogP contribution in [0.5, 0.6) is 0 Å². The van der Waals surface area contributed by atoms with E-state index >= 15 is 0 Å². The van der Waals surface area contributed by atoms with Crippen molar-refractivity contribution < 1.29 is 17.9 Å². The number of halogens is 2. The van der Waals surface area contributed by atoms with Crippen LogP contribution < -0.4 is 9.13 Å². The number of hydrogen-bond acceptors (Lipinski definition) is 0. The fraction of sp³-hybridized carbons (Fsp3) is 0.143. The molecule has 4 heterocycles. The van der Waals surface area contributed by atoms with Gasteiger partial charge in [0, 0.05) is 23.8 Å². The molecule has 2 aliphatic rings. The highest BCUT2D eigenvalue weighted by molar-refractivity contribution is 5.83. The van der Waals surface area contributed by atoms with E-state index in [1.54, 1.807) is 0 Å². The largest absolute Gasteiger partial charge is 0.249 e. The van der Waals surface area contributed by atoms with Crippen LogP contribution in [0.4, 0.5) is 8.78 Å². The smallest absolute Gasteiger partial charge is 0.204 e. The maximum absolute atomic E-state index is 14.9. The summed E-state index contributed by atoms with van der Waals surface area (Å²) in [5.74, 6) is -1.55. The zero-order chi connectivity index (χ0) is 26.7. The summed E-state index contributed by atoms with van der Waals surface area (Å²) < 4.78 is 34.2. The van der Waals surface area contributed by atoms with Crippen LogP contribution in [0.3, 0.4) is 0 Å². The van der Waals surface area contributed by atoms with Crippen LogP contribution in [0.25, 0.3) is 39.3 Å². The summed E-state index contributed by atoms with van der Waals surface area (Å²) in [5.41, 5.74) is 9.96. The van der Waals surface area contributed by atoms with Crippen LogP contribution in [0.15, 0.2) is 110 Å². The molecular weight excluding hydrogens is 486 g/mol. The summed E-state index contributed by atoms with van der Waals surface area (Å²) in [6.07, 6.45) is 5.55. The summed E-state index contributed by atoms with van der Waals surface area (Å²) in [5, 5.41) is 0. The standard InChI is InChI=1S/C35H28F2N2/c1-22-17-19-38-23(2)34-28(26-12-6-7-13-27(26)32-14-8-9-18-39(32)34)16-15-25-20-30(36)31(37)21-29(25)35(38)33(22)24-10-4-3-5-11-24/h3-14,17-21,28,34H,2,15-16H2,1H3/q+2. The molecule has 2 atom stereocenters. The van der Waals surface area contributed by atoms with Gasteiger partial charge in [0.25, 0.3) is 0 Å². The molecule has 2 nitrogen and oxygen atoms in total. The second-order valence-corrected chi connectivity index (χ2v) is 10.5. The zero-order valence-electron chi connectivity index (χ0n) is 21.7. The summed E-state index contributed by atoms with van der Waals surface area (Å²) >= 11 is 0. The Morgan fingerprint density at radius 3 is 2.38 bits per heavy atom. The van der Waals surface area contributed by atoms with Gasteiger partial charge in [-0.15, -0.1) is 0 Å². The van der Waals surface area contributed by atoms with Crippen molar-refractivity contribution >= 4 is 5.70 Å². The zero-order valence-corrected chi connectivity index (χ0v) is 21.7. The maximum Gasteiger partial charge on any atom is 0.249 e. The quantitative estimate of drug-likeness (QED) is 0.204. The van der Waals surface area contributed by atoms with Crippen molar-refractivity contribution in [3.05, 3.63) is 138 Å². The van der Waals surface area contributed by atoms with Crippen LogP contribution in [0.2, 0.25) is 0 Å². The van der Waals surface area contributed by atoms with E-state index in [0.717, 1.165) is 45.8 Å². The van der Waals surface area contributed by atoms with Gasteiger partial charge in [0.05, 0.1) is 17.0 Å². The molecular formula is C35H28F2N2+2. The second kappa shape index (κ2) is 9.09. The summed E-state index contributed by atoms with van der Waals surface area (Å²) in [7, 11) is 0. The maximum atomic E-state index is 14.9. The molecule has 0 aliphatic carbocycles. The van der Waals surface area contributed by atoms with Crippen molar-refractivity contribution in [2.24, 2.45) is 0 Å². The third-order valence-corrected chi connectivity index (χ3v) is 8.39. The first-order valence-corrected chi connectivity index (χ1v) is 13.4. The molecule has 0 amide bonds. The molecule has 0 N–H and O–H groups in total. The normalized spacial score (nSPS) is 17.5. The lowest BCUT2D eigenvalue weighted by Gasteiger charge is -2.29. The molecule has 7 rings (SSSR count). The van der Waals surface area contributed by atoms with Gasteiger partial charge in [0.1, 0.15) is 0 Å². The summed E-state index contributed by atoms with van der Waals surface area (Å²) in [6, 6.07) is 29.8. The Balaban J connectivity index is 1.57. The first kappa shape index (κ1) is 23.7. The highest BCUT2D eigenvalue weighted by Crippen LogP contribution is 2.46. The second-order valence-electron chi connectivity index (χ2n) is 10.5. The number of fused-ring (bicyclic) bond motifs is 9. The van der Waals surface area contributed by atoms with E-state index in [4.69, 9.17) is 6.58 Å². The van der Waals surface area contributed by atoms with Crippen molar-refractivity contribution in [1.29, 1.82) is 0 Å². The van der Waals surface area contributed by atoms with Gasteiger partial charge in [-0.05, 0) is 72.9 Å². The number of rotatable bonds is 1. The fourth-order valence-corrected chi connectivity index (χ4v) is 6.64. The van der Waals surface area contributed by atoms with Crippen LogP contribution in [-0.2, 0) is 6.42 Å². The summed E-state index contributed by atoms with van der Waals surface area (Å²) in [6.45, 7) is 6.78. The van der Waals surface area contributed by atoms with Crippen LogP contribution in [0, 0.1) is 18.6 Å². The number of benzene rings is 3. The Morgan fingerprint density at radius 1 is 0.795 bits per heavy atom. The van der Waals surface area contributed by atoms with Crippen molar-refractivity contribution in [1.82, 2.24) is 0 Å². The lowest BCUT2D eigenvalue weighted by atomic mass is 9.78. The molecule has 0 spiro atoms. The third kappa shape index (κ3) is 3.66. The van der Waals surface area contributed by atoms with Gasteiger partial charge in [-0.3, -0.25) is 0 Å². The average molecular weight is 515 g/mol. The molecule has 2 aromatic heterocycles. The SMILES string of the molecule is C=C1C2C(CCc3cc(F)c(F)cc3-c3c(-c4ccccc4)c(C)cc[n+]31)c1ccccc1-c1cccc[n+]12. The lowest BCUT2D eigenvalue weighted by molar-refractivity contribution is -0.727. The van der Waals surface area contributed by atoms with E-state index in [0.29, 0.717) is 12.0 Å². The van der Waals surface area contributed by atoms with Crippen LogP contribution >= 0.6 is 0 Å². The highest BCUT2D eigenvalue weighted by atomic mass is 19.2. The Hall–Kier alpha value is -4.44. The molecule has 0 bridgehead atoms. The van der Waals surface area contributed by atoms with Crippen molar-refractivity contribution in [2.75, 3.05) is 0 Å². The molecule has 0 saturated heterocycles. The minimum absolute atomic E-state index is 0.0739. The number of aromatic nitrogens is 2. The van der Waals surface area contributed by atoms with Gasteiger partial charge in [-0.1, -0.05) is 48.5 Å². The number of aryl methyl sites for hydroxylation is 2. The first-order valence-electron chi connectivity index (χ1n) is 13.4. The number of hydrogen-bond donors (Lipinski definition) is 0. The Bertz CT molecular complexity index is 1770. The molecule has 0 radical (unpaired) electrons. The van der Waals surface area contributed by atoms with Crippen molar-refractivity contribution in [3.8, 4) is 33.6 Å². The van der Waals surface area contributed by atoms with Gasteiger partial charge < -0.3 is 0 Å². The van der Waals surface area contributed by atoms with Gasteiger partial charge >= 0.3 is 0 Å². The Morgan fingerprint density at radius 2 is 1.54 bits per heavy atom. The minimum Gasteiger partial charge on any atom is -0.204 e. The first-order chi connectivity index (χ1) is 19.0. The predicted octanol–water partition coefficient (Wildman–Crippen LogP) is 7.60. The van der Waals surface area contributed by atoms with E-state index in [1.165, 1.54) is 23.3 Å². The summed E-state index contributed by atoms with van der Waals surface area (Å²) in [4.78, 5) is 0. The van der Waals surface area contributed by atoms with E-state index in [2.05, 4.69) is 82.9 Å². The minimum atomic E-state index is -0.840. The topological polar surface area (TPSA) is 7.76 Å². The molecule has 0 fully saturated rings. The lowest BCUT2D eigenvalue weighted by Crippen LogP contribution is -2.53. The van der Waals surface area contributed by atoms with E-state index in [1.807, 2.05) is 24.4 Å².